The highest BCUT2D eigenvalue weighted by molar-refractivity contribution is 5.82. The third-order valence-electron chi connectivity index (χ3n) is 3.13. The van der Waals surface area contributed by atoms with Gasteiger partial charge in [-0.2, -0.15) is 0 Å². The number of hydrogen-bond acceptors (Lipinski definition) is 3. The number of hydrogen-bond donors (Lipinski definition) is 1. The van der Waals surface area contributed by atoms with Crippen molar-refractivity contribution in [1.82, 2.24) is 4.90 Å². The van der Waals surface area contributed by atoms with Gasteiger partial charge in [0.15, 0.2) is 6.04 Å². The van der Waals surface area contributed by atoms with E-state index in [9.17, 15) is 19.1 Å². The highest BCUT2D eigenvalue weighted by Gasteiger charge is 2.36. The minimum absolute atomic E-state index is 0.0119. The van der Waals surface area contributed by atoms with Gasteiger partial charge in [0, 0.05) is 6.54 Å². The maximum atomic E-state index is 13.2. The van der Waals surface area contributed by atoms with E-state index >= 15 is 0 Å². The van der Waals surface area contributed by atoms with E-state index < -0.39 is 23.9 Å². The first-order valence-electron chi connectivity index (χ1n) is 6.10. The highest BCUT2D eigenvalue weighted by Crippen LogP contribution is 2.31. The zero-order chi connectivity index (χ0) is 14.7. The third kappa shape index (κ3) is 2.64. The summed E-state index contributed by atoms with van der Waals surface area (Å²) in [6, 6.07) is 2.73. The van der Waals surface area contributed by atoms with Gasteiger partial charge >= 0.3 is 12.1 Å². The molecule has 0 saturated heterocycles. The summed E-state index contributed by atoms with van der Waals surface area (Å²) in [5, 5.41) is 9.34. The number of rotatable bonds is 3. The fraction of sp³-hybridized carbons (Fsp3) is 0.286. The maximum absolute atomic E-state index is 13.2. The second-order valence-electron chi connectivity index (χ2n) is 4.39. The van der Waals surface area contributed by atoms with Crippen molar-refractivity contribution in [3.05, 3.63) is 47.8 Å². The maximum Gasteiger partial charge on any atom is 0.411 e. The fourth-order valence-electron chi connectivity index (χ4n) is 2.27. The van der Waals surface area contributed by atoms with E-state index in [0.717, 1.165) is 4.90 Å². The van der Waals surface area contributed by atoms with Crippen molar-refractivity contribution in [2.45, 2.75) is 12.5 Å². The van der Waals surface area contributed by atoms with Crippen molar-refractivity contribution in [2.75, 3.05) is 13.2 Å². The van der Waals surface area contributed by atoms with E-state index in [1.165, 1.54) is 24.3 Å². The number of aliphatic carboxylic acids is 1. The molecular weight excluding hydrogens is 265 g/mol. The molecule has 1 atom stereocenters. The Morgan fingerprint density at radius 1 is 1.55 bits per heavy atom. The summed E-state index contributed by atoms with van der Waals surface area (Å²) in [5.41, 5.74) is 1.02. The summed E-state index contributed by atoms with van der Waals surface area (Å²) >= 11 is 0. The van der Waals surface area contributed by atoms with Crippen LogP contribution in [0.15, 0.2) is 30.9 Å². The molecule has 2 rings (SSSR count). The molecule has 0 aromatic heterocycles. The van der Waals surface area contributed by atoms with Crippen LogP contribution in [0, 0.1) is 5.82 Å². The molecule has 0 bridgehead atoms. The molecule has 6 heteroatoms. The number of nitrogens with zero attached hydrogens (tertiary/aromatic N) is 1. The van der Waals surface area contributed by atoms with Crippen LogP contribution in [0.3, 0.4) is 0 Å². The number of ether oxygens (including phenoxy) is 1. The average molecular weight is 279 g/mol. The summed E-state index contributed by atoms with van der Waals surface area (Å²) in [6.45, 7) is 3.61. The van der Waals surface area contributed by atoms with Gasteiger partial charge in [-0.05, 0) is 29.7 Å². The van der Waals surface area contributed by atoms with Crippen LogP contribution in [-0.4, -0.2) is 35.2 Å². The largest absolute Gasteiger partial charge is 0.479 e. The first kappa shape index (κ1) is 14.0. The lowest BCUT2D eigenvalue weighted by molar-refractivity contribution is -0.143. The molecule has 0 radical (unpaired) electrons. The zero-order valence-electron chi connectivity index (χ0n) is 10.7. The van der Waals surface area contributed by atoms with Crippen molar-refractivity contribution >= 4 is 12.1 Å². The molecule has 0 fully saturated rings. The van der Waals surface area contributed by atoms with Crippen molar-refractivity contribution in [2.24, 2.45) is 0 Å². The second kappa shape index (κ2) is 5.73. The molecule has 1 heterocycles. The Bertz CT molecular complexity index is 558. The van der Waals surface area contributed by atoms with E-state index in [2.05, 4.69) is 6.58 Å². The molecule has 1 N–H and O–H groups in total. The van der Waals surface area contributed by atoms with Crippen LogP contribution >= 0.6 is 0 Å². The Labute approximate surface area is 115 Å². The number of carbonyl (C=O) groups is 2. The lowest BCUT2D eigenvalue weighted by Gasteiger charge is -2.33. The molecule has 5 nitrogen and oxygen atoms in total. The smallest absolute Gasteiger partial charge is 0.411 e. The Hall–Kier alpha value is -2.37. The topological polar surface area (TPSA) is 66.8 Å². The lowest BCUT2D eigenvalue weighted by atomic mass is 9.93. The van der Waals surface area contributed by atoms with E-state index in [0.29, 0.717) is 17.5 Å². The van der Waals surface area contributed by atoms with E-state index in [-0.39, 0.29) is 13.2 Å². The minimum Gasteiger partial charge on any atom is -0.479 e. The van der Waals surface area contributed by atoms with Gasteiger partial charge in [0.2, 0.25) is 0 Å². The van der Waals surface area contributed by atoms with Gasteiger partial charge in [-0.25, -0.2) is 14.0 Å². The Morgan fingerprint density at radius 2 is 2.30 bits per heavy atom. The van der Waals surface area contributed by atoms with Gasteiger partial charge in [0.1, 0.15) is 12.4 Å². The van der Waals surface area contributed by atoms with Crippen LogP contribution in [0.1, 0.15) is 17.2 Å². The minimum atomic E-state index is -1.17. The molecule has 0 saturated carbocycles. The monoisotopic (exact) mass is 279 g/mol. The molecule has 1 amide bonds. The van der Waals surface area contributed by atoms with Gasteiger partial charge in [-0.3, -0.25) is 4.90 Å². The van der Waals surface area contributed by atoms with Crippen LogP contribution in [0.2, 0.25) is 0 Å². The van der Waals surface area contributed by atoms with Crippen LogP contribution in [0.4, 0.5) is 9.18 Å². The third-order valence-corrected chi connectivity index (χ3v) is 3.13. The molecule has 0 spiro atoms. The number of benzene rings is 1. The zero-order valence-corrected chi connectivity index (χ0v) is 10.7. The molecular formula is C14H14FNO4. The molecule has 0 aliphatic carbocycles. The van der Waals surface area contributed by atoms with Crippen LogP contribution in [0.5, 0.6) is 0 Å². The molecule has 1 unspecified atom stereocenters. The van der Waals surface area contributed by atoms with Crippen LogP contribution < -0.4 is 0 Å². The number of amides is 1. The Balaban J connectivity index is 2.33. The Morgan fingerprint density at radius 3 is 2.95 bits per heavy atom. The van der Waals surface area contributed by atoms with Gasteiger partial charge in [-0.1, -0.05) is 18.7 Å². The fourth-order valence-corrected chi connectivity index (χ4v) is 2.27. The normalized spacial score (nSPS) is 17.2. The summed E-state index contributed by atoms with van der Waals surface area (Å²) < 4.78 is 18.1. The first-order chi connectivity index (χ1) is 9.54. The van der Waals surface area contributed by atoms with E-state index in [1.807, 2.05) is 0 Å². The number of fused-ring (bicyclic) bond motifs is 1. The number of carboxylic acid groups (broad SMARTS) is 1. The molecule has 1 aromatic carbocycles. The van der Waals surface area contributed by atoms with Crippen LogP contribution in [-0.2, 0) is 16.0 Å². The highest BCUT2D eigenvalue weighted by atomic mass is 19.1. The quantitative estimate of drug-likeness (QED) is 0.861. The Kier molecular flexibility index (Phi) is 4.02. The van der Waals surface area contributed by atoms with E-state index in [1.54, 1.807) is 0 Å². The predicted molar refractivity (Wildman–Crippen MR) is 68.7 cm³/mol. The van der Waals surface area contributed by atoms with Gasteiger partial charge in [-0.15, -0.1) is 0 Å². The number of carboxylic acids is 1. The number of carbonyl (C=O) groups excluding carboxylic acids is 1. The summed E-state index contributed by atoms with van der Waals surface area (Å²) in [7, 11) is 0. The molecule has 1 aliphatic rings. The van der Waals surface area contributed by atoms with Crippen molar-refractivity contribution < 1.29 is 23.8 Å². The standard InChI is InChI=1S/C14H14FNO4/c1-2-7-20-14(19)16-6-5-9-8-10(15)3-4-11(9)12(16)13(17)18/h2-4,8,12H,1,5-7H2,(H,17,18). The molecule has 20 heavy (non-hydrogen) atoms. The van der Waals surface area contributed by atoms with Gasteiger partial charge < -0.3 is 9.84 Å². The lowest BCUT2D eigenvalue weighted by Crippen LogP contribution is -2.43. The predicted octanol–water partition coefficient (Wildman–Crippen LogP) is 2.13. The van der Waals surface area contributed by atoms with Crippen molar-refractivity contribution in [3.63, 3.8) is 0 Å². The summed E-state index contributed by atoms with van der Waals surface area (Å²) in [5.74, 6) is -1.59. The summed E-state index contributed by atoms with van der Waals surface area (Å²) in [4.78, 5) is 24.4. The van der Waals surface area contributed by atoms with E-state index in [4.69, 9.17) is 4.74 Å². The SMILES string of the molecule is C=CCOC(=O)N1CCc2cc(F)ccc2C1C(=O)O. The molecule has 106 valence electrons. The second-order valence-corrected chi connectivity index (χ2v) is 4.39. The first-order valence-corrected chi connectivity index (χ1v) is 6.10. The number of halogens is 1. The van der Waals surface area contributed by atoms with Crippen molar-refractivity contribution in [1.29, 1.82) is 0 Å². The summed E-state index contributed by atoms with van der Waals surface area (Å²) in [6.07, 6.45) is 1.08. The van der Waals surface area contributed by atoms with Crippen LogP contribution in [0.25, 0.3) is 0 Å². The van der Waals surface area contributed by atoms with Gasteiger partial charge in [0.05, 0.1) is 0 Å². The van der Waals surface area contributed by atoms with Gasteiger partial charge in [0.25, 0.3) is 0 Å². The van der Waals surface area contributed by atoms with Crippen molar-refractivity contribution in [3.8, 4) is 0 Å². The average Bonchev–Trinajstić information content (AvgIpc) is 2.42. The molecule has 1 aromatic rings. The molecule has 1 aliphatic heterocycles.